The van der Waals surface area contributed by atoms with Crippen molar-refractivity contribution in [2.24, 2.45) is 0 Å². The van der Waals surface area contributed by atoms with E-state index in [4.69, 9.17) is 5.26 Å². The molecule has 1 amide bonds. The molecule has 1 aliphatic heterocycles. The van der Waals surface area contributed by atoms with Crippen LogP contribution in [-0.4, -0.2) is 28.4 Å². The summed E-state index contributed by atoms with van der Waals surface area (Å²) < 4.78 is 41.7. The molecule has 1 aromatic carbocycles. The van der Waals surface area contributed by atoms with Crippen molar-refractivity contribution in [1.29, 1.82) is 5.26 Å². The van der Waals surface area contributed by atoms with Crippen LogP contribution in [0.5, 0.6) is 0 Å². The normalized spacial score (nSPS) is 19.2. The van der Waals surface area contributed by atoms with Gasteiger partial charge >= 0.3 is 6.18 Å². The van der Waals surface area contributed by atoms with Crippen LogP contribution >= 0.6 is 15.9 Å². The van der Waals surface area contributed by atoms with Gasteiger partial charge in [0.2, 0.25) is 0 Å². The first-order valence-corrected chi connectivity index (χ1v) is 8.43. The number of aromatic nitrogens is 2. The lowest BCUT2D eigenvalue weighted by molar-refractivity contribution is -0.173. The number of alkyl halides is 3. The van der Waals surface area contributed by atoms with Crippen LogP contribution in [-0.2, 0) is 0 Å². The molecule has 0 bridgehead atoms. The Balaban J connectivity index is 2.03. The lowest BCUT2D eigenvalue weighted by Crippen LogP contribution is -2.36. The molecular weight excluding hydrogens is 415 g/mol. The number of hydrogen-bond donors (Lipinski definition) is 2. The van der Waals surface area contributed by atoms with Gasteiger partial charge in [0, 0.05) is 6.42 Å². The second kappa shape index (κ2) is 6.99. The molecule has 0 unspecified atom stereocenters. The molecule has 3 rings (SSSR count). The van der Waals surface area contributed by atoms with E-state index in [0.717, 1.165) is 4.68 Å². The minimum absolute atomic E-state index is 0.0783. The van der Waals surface area contributed by atoms with Gasteiger partial charge in [-0.15, -0.1) is 0 Å². The van der Waals surface area contributed by atoms with Gasteiger partial charge in [-0.1, -0.05) is 30.3 Å². The Kier molecular flexibility index (Phi) is 4.91. The molecule has 26 heavy (non-hydrogen) atoms. The summed E-state index contributed by atoms with van der Waals surface area (Å²) in [4.78, 5) is 12.1. The molecule has 2 heterocycles. The standard InChI is InChI=1S/C16H13BrF3N5O/c17-12-13(15(26)22-7-6-21)24-25-11(16(18,19)20)8-10(23-14(12)25)9-4-2-1-3-5-9/h1-5,10-11,23H,7-8H2,(H,22,26)/t10-,11+/m0/s1. The molecule has 6 nitrogen and oxygen atoms in total. The van der Waals surface area contributed by atoms with Crippen molar-refractivity contribution in [3.05, 3.63) is 46.1 Å². The predicted molar refractivity (Wildman–Crippen MR) is 90.4 cm³/mol. The Bertz CT molecular complexity index is 859. The molecule has 0 saturated carbocycles. The second-order valence-corrected chi connectivity index (χ2v) is 6.49. The summed E-state index contributed by atoms with van der Waals surface area (Å²) in [5.74, 6) is -0.645. The molecule has 0 saturated heterocycles. The average molecular weight is 428 g/mol. The molecule has 1 aliphatic rings. The van der Waals surface area contributed by atoms with E-state index in [9.17, 15) is 18.0 Å². The van der Waals surface area contributed by atoms with Crippen LogP contribution in [0.2, 0.25) is 0 Å². The number of carbonyl (C=O) groups is 1. The largest absolute Gasteiger partial charge is 0.410 e. The summed E-state index contributed by atoms with van der Waals surface area (Å²) in [6.45, 7) is -0.268. The van der Waals surface area contributed by atoms with E-state index in [2.05, 4.69) is 31.7 Å². The number of nitrogens with one attached hydrogen (secondary N) is 2. The summed E-state index contributed by atoms with van der Waals surface area (Å²) in [6.07, 6.45) is -4.79. The van der Waals surface area contributed by atoms with Gasteiger partial charge in [0.15, 0.2) is 11.7 Å². The van der Waals surface area contributed by atoms with Crippen LogP contribution in [0.4, 0.5) is 19.0 Å². The third-order valence-corrected chi connectivity index (χ3v) is 4.79. The maximum atomic E-state index is 13.6. The molecule has 0 spiro atoms. The van der Waals surface area contributed by atoms with Gasteiger partial charge in [0.1, 0.15) is 12.4 Å². The van der Waals surface area contributed by atoms with E-state index in [1.54, 1.807) is 36.4 Å². The summed E-state index contributed by atoms with van der Waals surface area (Å²) >= 11 is 3.17. The maximum Gasteiger partial charge on any atom is 0.410 e. The zero-order valence-electron chi connectivity index (χ0n) is 13.2. The zero-order chi connectivity index (χ0) is 18.9. The number of halogens is 4. The van der Waals surface area contributed by atoms with Gasteiger partial charge in [-0.2, -0.15) is 23.5 Å². The summed E-state index contributed by atoms with van der Waals surface area (Å²) in [7, 11) is 0. The van der Waals surface area contributed by atoms with Gasteiger partial charge in [-0.05, 0) is 21.5 Å². The van der Waals surface area contributed by atoms with E-state index in [0.29, 0.717) is 5.56 Å². The first kappa shape index (κ1) is 18.3. The molecule has 2 N–H and O–H groups in total. The SMILES string of the molecule is N#CCNC(=O)c1nn2c(c1Br)N[C@H](c1ccccc1)C[C@@H]2C(F)(F)F. The van der Waals surface area contributed by atoms with Gasteiger partial charge in [0.25, 0.3) is 5.91 Å². The number of hydrogen-bond acceptors (Lipinski definition) is 4. The lowest BCUT2D eigenvalue weighted by Gasteiger charge is -2.33. The Morgan fingerprint density at radius 2 is 2.12 bits per heavy atom. The molecule has 136 valence electrons. The third kappa shape index (κ3) is 3.39. The van der Waals surface area contributed by atoms with Crippen LogP contribution in [0.25, 0.3) is 0 Å². The highest BCUT2D eigenvalue weighted by Crippen LogP contribution is 2.46. The highest BCUT2D eigenvalue weighted by molar-refractivity contribution is 9.10. The van der Waals surface area contributed by atoms with Crippen LogP contribution < -0.4 is 10.6 Å². The van der Waals surface area contributed by atoms with Gasteiger partial charge in [0.05, 0.1) is 16.6 Å². The van der Waals surface area contributed by atoms with Crippen molar-refractivity contribution < 1.29 is 18.0 Å². The van der Waals surface area contributed by atoms with Crippen LogP contribution in [0.15, 0.2) is 34.8 Å². The Morgan fingerprint density at radius 3 is 2.73 bits per heavy atom. The van der Waals surface area contributed by atoms with Crippen molar-refractivity contribution in [2.75, 3.05) is 11.9 Å². The van der Waals surface area contributed by atoms with Crippen LogP contribution in [0.1, 0.15) is 34.6 Å². The van der Waals surface area contributed by atoms with E-state index < -0.39 is 24.2 Å². The number of carbonyl (C=O) groups excluding carboxylic acids is 1. The number of benzene rings is 1. The fourth-order valence-corrected chi connectivity index (χ4v) is 3.40. The van der Waals surface area contributed by atoms with E-state index in [-0.39, 0.29) is 29.0 Å². The number of fused-ring (bicyclic) bond motifs is 1. The smallest absolute Gasteiger partial charge is 0.362 e. The first-order valence-electron chi connectivity index (χ1n) is 7.64. The molecule has 0 aliphatic carbocycles. The maximum absolute atomic E-state index is 13.6. The Hall–Kier alpha value is -2.54. The average Bonchev–Trinajstić information content (AvgIpc) is 2.95. The molecule has 0 radical (unpaired) electrons. The highest BCUT2D eigenvalue weighted by atomic mass is 79.9. The number of nitriles is 1. The van der Waals surface area contributed by atoms with E-state index >= 15 is 0 Å². The molecule has 2 atom stereocenters. The first-order chi connectivity index (χ1) is 12.3. The fraction of sp³-hybridized carbons (Fsp3) is 0.312. The van der Waals surface area contributed by atoms with Gasteiger partial charge < -0.3 is 10.6 Å². The third-order valence-electron chi connectivity index (χ3n) is 4.04. The molecule has 2 aromatic rings. The van der Waals surface area contributed by atoms with Crippen LogP contribution in [0, 0.1) is 11.3 Å². The van der Waals surface area contributed by atoms with Crippen LogP contribution in [0.3, 0.4) is 0 Å². The molecule has 0 fully saturated rings. The van der Waals surface area contributed by atoms with Crippen molar-refractivity contribution in [1.82, 2.24) is 15.1 Å². The second-order valence-electron chi connectivity index (χ2n) is 5.70. The topological polar surface area (TPSA) is 82.7 Å². The summed E-state index contributed by atoms with van der Waals surface area (Å²) in [5.41, 5.74) is 0.502. The zero-order valence-corrected chi connectivity index (χ0v) is 14.8. The minimum atomic E-state index is -4.53. The van der Waals surface area contributed by atoms with Gasteiger partial charge in [-0.3, -0.25) is 4.79 Å². The van der Waals surface area contributed by atoms with Crippen molar-refractivity contribution in [2.45, 2.75) is 24.7 Å². The van der Waals surface area contributed by atoms with E-state index in [1.165, 1.54) is 0 Å². The summed E-state index contributed by atoms with van der Waals surface area (Å²) in [5, 5.41) is 17.7. The fourth-order valence-electron chi connectivity index (χ4n) is 2.84. The number of rotatable bonds is 3. The molecule has 10 heteroatoms. The lowest BCUT2D eigenvalue weighted by atomic mass is 9.97. The van der Waals surface area contributed by atoms with Gasteiger partial charge in [-0.25, -0.2) is 4.68 Å². The Labute approximate surface area is 155 Å². The Morgan fingerprint density at radius 1 is 1.42 bits per heavy atom. The molecule has 1 aromatic heterocycles. The summed E-state index contributed by atoms with van der Waals surface area (Å²) in [6, 6.07) is 8.04. The van der Waals surface area contributed by atoms with E-state index in [1.807, 2.05) is 0 Å². The number of amides is 1. The number of nitrogens with zero attached hydrogens (tertiary/aromatic N) is 3. The monoisotopic (exact) mass is 427 g/mol. The predicted octanol–water partition coefficient (Wildman–Crippen LogP) is 3.56. The number of anilines is 1. The van der Waals surface area contributed by atoms with Crippen molar-refractivity contribution in [3.8, 4) is 6.07 Å². The van der Waals surface area contributed by atoms with Crippen molar-refractivity contribution in [3.63, 3.8) is 0 Å². The highest BCUT2D eigenvalue weighted by Gasteiger charge is 2.47. The van der Waals surface area contributed by atoms with Crippen molar-refractivity contribution >= 4 is 27.7 Å². The molecular formula is C16H13BrF3N5O. The quantitative estimate of drug-likeness (QED) is 0.733. The minimum Gasteiger partial charge on any atom is -0.362 e.